The van der Waals surface area contributed by atoms with Gasteiger partial charge in [0, 0.05) is 29.0 Å². The molecule has 3 aliphatic rings. The fourth-order valence-corrected chi connectivity index (χ4v) is 4.79. The largest absolute Gasteiger partial charge is 0.376 e. The maximum absolute atomic E-state index is 13.0. The molecule has 1 fully saturated rings. The van der Waals surface area contributed by atoms with Crippen LogP contribution in [-0.2, 0) is 14.3 Å². The van der Waals surface area contributed by atoms with Gasteiger partial charge in [-0.3, -0.25) is 14.9 Å². The van der Waals surface area contributed by atoms with Gasteiger partial charge in [0.05, 0.1) is 17.6 Å². The lowest BCUT2D eigenvalue weighted by molar-refractivity contribution is -0.123. The fourth-order valence-electron chi connectivity index (χ4n) is 4.57. The van der Waals surface area contributed by atoms with Crippen molar-refractivity contribution in [2.24, 2.45) is 5.92 Å². The van der Waals surface area contributed by atoms with Crippen LogP contribution in [0.3, 0.4) is 0 Å². The second-order valence-electron chi connectivity index (χ2n) is 10.6. The van der Waals surface area contributed by atoms with Gasteiger partial charge >= 0.3 is 0 Å². The molecule has 0 spiro atoms. The van der Waals surface area contributed by atoms with E-state index in [1.54, 1.807) is 0 Å². The number of hydrogen-bond donors (Lipinski definition) is 2. The zero-order valence-corrected chi connectivity index (χ0v) is 22.6. The summed E-state index contributed by atoms with van der Waals surface area (Å²) >= 11 is 2.43. The van der Waals surface area contributed by atoms with Crippen LogP contribution in [0.15, 0.2) is 47.6 Å². The minimum atomic E-state index is -0.294. The molecule has 2 bridgehead atoms. The normalized spacial score (nSPS) is 26.8. The Balaban J connectivity index is 1.30. The quantitative estimate of drug-likeness (QED) is 0.199. The Labute approximate surface area is 212 Å². The van der Waals surface area contributed by atoms with E-state index in [1.165, 1.54) is 5.57 Å². The summed E-state index contributed by atoms with van der Waals surface area (Å²) in [6, 6.07) is 0.0169. The van der Waals surface area contributed by atoms with Gasteiger partial charge in [0.15, 0.2) is 5.78 Å². The highest BCUT2D eigenvalue weighted by atomic mass is 127. The van der Waals surface area contributed by atoms with E-state index in [0.717, 1.165) is 31.3 Å². The van der Waals surface area contributed by atoms with Crippen LogP contribution in [0, 0.1) is 5.92 Å². The molecule has 33 heavy (non-hydrogen) atoms. The maximum Gasteiger partial charge on any atom is 0.220 e. The van der Waals surface area contributed by atoms with Crippen LogP contribution >= 0.6 is 22.6 Å². The molecule has 3 atom stereocenters. The van der Waals surface area contributed by atoms with Crippen LogP contribution in [-0.4, -0.2) is 45.9 Å². The molecule has 1 amide bonds. The van der Waals surface area contributed by atoms with Gasteiger partial charge in [-0.15, -0.1) is 0 Å². The lowest BCUT2D eigenvalue weighted by Gasteiger charge is -2.27. The van der Waals surface area contributed by atoms with Crippen molar-refractivity contribution in [3.63, 3.8) is 0 Å². The van der Waals surface area contributed by atoms with Gasteiger partial charge in [-0.1, -0.05) is 72.9 Å². The maximum atomic E-state index is 13.0. The molecule has 5 nitrogen and oxygen atoms in total. The first-order valence-corrected chi connectivity index (χ1v) is 13.3. The number of carbonyl (C=O) groups is 2. The van der Waals surface area contributed by atoms with Crippen LogP contribution in [0.4, 0.5) is 0 Å². The molecule has 3 rings (SSSR count). The van der Waals surface area contributed by atoms with E-state index in [-0.39, 0.29) is 32.9 Å². The lowest BCUT2D eigenvalue weighted by atomic mass is 9.92. The summed E-state index contributed by atoms with van der Waals surface area (Å²) in [5.41, 5.74) is 2.02. The average Bonchev–Trinajstić information content (AvgIpc) is 3.22. The second kappa shape index (κ2) is 11.5. The highest BCUT2D eigenvalue weighted by Crippen LogP contribution is 2.38. The number of halogens is 1. The summed E-state index contributed by atoms with van der Waals surface area (Å²) in [5.74, 6) is 0.327. The second-order valence-corrected chi connectivity index (χ2v) is 13.5. The molecule has 1 aliphatic heterocycles. The first-order valence-electron chi connectivity index (χ1n) is 12.2. The highest BCUT2D eigenvalue weighted by molar-refractivity contribution is 14.1. The topological polar surface area (TPSA) is 67.4 Å². The van der Waals surface area contributed by atoms with E-state index >= 15 is 0 Å². The molecule has 182 valence electrons. The third kappa shape index (κ3) is 7.89. The SMILES string of the molecule is CC(C)(I)CCOC(C)(C)CCC(=O)NCCCCC1NC2C3=C/C(=C\C=C/C=C3)C2C1=O. The Hall–Kier alpha value is -1.25. The number of nitrogens with one attached hydrogen (secondary N) is 2. The summed E-state index contributed by atoms with van der Waals surface area (Å²) in [6.07, 6.45) is 17.1. The molecule has 1 saturated heterocycles. The zero-order chi connectivity index (χ0) is 24.1. The smallest absolute Gasteiger partial charge is 0.220 e. The van der Waals surface area contributed by atoms with E-state index in [4.69, 9.17) is 4.74 Å². The summed E-state index contributed by atoms with van der Waals surface area (Å²) in [4.78, 5) is 25.2. The Morgan fingerprint density at radius 2 is 1.91 bits per heavy atom. The highest BCUT2D eigenvalue weighted by Gasteiger charge is 2.46. The predicted octanol–water partition coefficient (Wildman–Crippen LogP) is 4.97. The third-order valence-corrected chi connectivity index (χ3v) is 7.14. The van der Waals surface area contributed by atoms with Crippen molar-refractivity contribution in [2.45, 2.75) is 87.3 Å². The standard InChI is InChI=1S/C27H39IN2O3/c1-26(2,28)15-17-33-27(3,4)14-13-22(31)29-16-9-8-12-21-25(32)23-19-10-6-5-7-11-20(18-19)24(23)30-21/h5-7,10-11,18,21,23-24,30H,8-9,12-17H2,1-4H3,(H,29,31)/b6-5-,7-5?,10-6?,11-7?,19-10+,20-11?. The van der Waals surface area contributed by atoms with Crippen molar-refractivity contribution < 1.29 is 14.3 Å². The summed E-state index contributed by atoms with van der Waals surface area (Å²) in [5, 5.41) is 6.58. The molecule has 2 aliphatic carbocycles. The molecule has 0 radical (unpaired) electrons. The average molecular weight is 567 g/mol. The molecule has 2 N–H and O–H groups in total. The van der Waals surface area contributed by atoms with Gasteiger partial charge in [0.25, 0.3) is 0 Å². The number of rotatable bonds is 12. The summed E-state index contributed by atoms with van der Waals surface area (Å²) in [6.45, 7) is 9.86. The van der Waals surface area contributed by atoms with Crippen molar-refractivity contribution in [3.8, 4) is 0 Å². The number of ether oxygens (including phenoxy) is 1. The Morgan fingerprint density at radius 1 is 1.12 bits per heavy atom. The van der Waals surface area contributed by atoms with E-state index < -0.39 is 0 Å². The summed E-state index contributed by atoms with van der Waals surface area (Å²) < 4.78 is 6.23. The van der Waals surface area contributed by atoms with E-state index in [1.807, 2.05) is 18.2 Å². The predicted molar refractivity (Wildman–Crippen MR) is 142 cm³/mol. The van der Waals surface area contributed by atoms with Crippen molar-refractivity contribution in [3.05, 3.63) is 47.6 Å². The van der Waals surface area contributed by atoms with Crippen LogP contribution in [0.5, 0.6) is 0 Å². The molecule has 0 aromatic heterocycles. The molecule has 0 saturated carbocycles. The van der Waals surface area contributed by atoms with Crippen LogP contribution in [0.25, 0.3) is 0 Å². The number of allylic oxidation sites excluding steroid dienone is 5. The number of fused-ring (bicyclic) bond motifs is 4. The van der Waals surface area contributed by atoms with E-state index in [9.17, 15) is 9.59 Å². The van der Waals surface area contributed by atoms with E-state index in [2.05, 4.69) is 79.1 Å². The van der Waals surface area contributed by atoms with Crippen molar-refractivity contribution >= 4 is 34.3 Å². The number of unbranched alkanes of at least 4 members (excludes halogenated alkanes) is 1. The third-order valence-electron chi connectivity index (χ3n) is 6.60. The van der Waals surface area contributed by atoms with Crippen molar-refractivity contribution in [1.82, 2.24) is 10.6 Å². The number of Topliss-reactive ketones (excluding diaryl/α,β-unsaturated/α-hetero) is 1. The molecule has 0 aromatic rings. The first kappa shape index (κ1) is 26.4. The van der Waals surface area contributed by atoms with Gasteiger partial charge < -0.3 is 10.1 Å². The number of alkyl halides is 1. The number of hydrogen-bond acceptors (Lipinski definition) is 4. The molecule has 3 unspecified atom stereocenters. The molecule has 1 heterocycles. The molecular weight excluding hydrogens is 527 g/mol. The zero-order valence-electron chi connectivity index (χ0n) is 20.5. The first-order chi connectivity index (χ1) is 15.6. The van der Waals surface area contributed by atoms with Gasteiger partial charge in [0.1, 0.15) is 0 Å². The fraction of sp³-hybridized carbons (Fsp3) is 0.630. The lowest BCUT2D eigenvalue weighted by Crippen LogP contribution is -2.33. The molecule has 0 aromatic carbocycles. The Bertz CT molecular complexity index is 848. The summed E-state index contributed by atoms with van der Waals surface area (Å²) in [7, 11) is 0. The van der Waals surface area contributed by atoms with Gasteiger partial charge in [0.2, 0.25) is 5.91 Å². The molecular formula is C27H39IN2O3. The van der Waals surface area contributed by atoms with Crippen LogP contribution in [0.2, 0.25) is 0 Å². The van der Waals surface area contributed by atoms with E-state index in [0.29, 0.717) is 31.8 Å². The van der Waals surface area contributed by atoms with Gasteiger partial charge in [-0.25, -0.2) is 0 Å². The van der Waals surface area contributed by atoms with Gasteiger partial charge in [-0.05, 0) is 57.1 Å². The number of amides is 1. The minimum absolute atomic E-state index is 0.0503. The van der Waals surface area contributed by atoms with Crippen LogP contribution in [0.1, 0.15) is 66.2 Å². The Kier molecular flexibility index (Phi) is 9.15. The number of ketones is 1. The monoisotopic (exact) mass is 566 g/mol. The van der Waals surface area contributed by atoms with Crippen LogP contribution < -0.4 is 10.6 Å². The van der Waals surface area contributed by atoms with Crippen molar-refractivity contribution in [2.75, 3.05) is 13.2 Å². The van der Waals surface area contributed by atoms with Crippen molar-refractivity contribution in [1.29, 1.82) is 0 Å². The minimum Gasteiger partial charge on any atom is -0.376 e. The molecule has 6 heteroatoms. The van der Waals surface area contributed by atoms with Gasteiger partial charge in [-0.2, -0.15) is 0 Å². The number of carbonyl (C=O) groups excluding carboxylic acids is 2. The Morgan fingerprint density at radius 3 is 2.67 bits per heavy atom.